The van der Waals surface area contributed by atoms with Crippen molar-refractivity contribution < 1.29 is 4.79 Å². The molecule has 1 atom stereocenters. The highest BCUT2D eigenvalue weighted by Gasteiger charge is 2.11. The summed E-state index contributed by atoms with van der Waals surface area (Å²) in [7, 11) is 0. The van der Waals surface area contributed by atoms with E-state index in [9.17, 15) is 4.79 Å². The van der Waals surface area contributed by atoms with Gasteiger partial charge in [0.25, 0.3) is 0 Å². The van der Waals surface area contributed by atoms with Crippen LogP contribution in [0.3, 0.4) is 0 Å². The molecule has 0 bridgehead atoms. The number of carbonyl (C=O) groups is 1. The molecule has 100 valence electrons. The highest BCUT2D eigenvalue weighted by Crippen LogP contribution is 2.26. The number of amides is 2. The minimum atomic E-state index is -0.221. The van der Waals surface area contributed by atoms with Crippen molar-refractivity contribution in [2.24, 2.45) is 0 Å². The minimum Gasteiger partial charge on any atom is -0.331 e. The molecular formula is C14H15ClN2OS. The third kappa shape index (κ3) is 3.98. The number of thiophene rings is 1. The number of halogens is 1. The minimum absolute atomic E-state index is 0.0667. The summed E-state index contributed by atoms with van der Waals surface area (Å²) in [5.74, 6) is 0. The number of nitrogens with one attached hydrogen (secondary N) is 2. The largest absolute Gasteiger partial charge is 0.331 e. The second-order valence-electron chi connectivity index (χ2n) is 4.33. The van der Waals surface area contributed by atoms with Gasteiger partial charge in [-0.1, -0.05) is 29.3 Å². The molecule has 5 heteroatoms. The maximum atomic E-state index is 11.8. The van der Waals surface area contributed by atoms with E-state index < -0.39 is 0 Å². The predicted octanol–water partition coefficient (Wildman–Crippen LogP) is 4.59. The number of hydrogen-bond donors (Lipinski definition) is 2. The van der Waals surface area contributed by atoms with Gasteiger partial charge in [-0.05, 0) is 38.1 Å². The molecule has 2 aromatic rings. The quantitative estimate of drug-likeness (QED) is 0.854. The second-order valence-corrected chi connectivity index (χ2v) is 6.07. The first-order chi connectivity index (χ1) is 9.04. The number of carbonyl (C=O) groups excluding carboxylic acids is 1. The van der Waals surface area contributed by atoms with Gasteiger partial charge in [0.1, 0.15) is 0 Å². The van der Waals surface area contributed by atoms with Gasteiger partial charge in [-0.3, -0.25) is 0 Å². The predicted molar refractivity (Wildman–Crippen MR) is 81.1 cm³/mol. The number of rotatable bonds is 3. The van der Waals surface area contributed by atoms with Crippen LogP contribution in [0.2, 0.25) is 4.34 Å². The summed E-state index contributed by atoms with van der Waals surface area (Å²) in [5.41, 5.74) is 1.94. The first kappa shape index (κ1) is 13.9. The van der Waals surface area contributed by atoms with Gasteiger partial charge < -0.3 is 10.6 Å². The van der Waals surface area contributed by atoms with Crippen molar-refractivity contribution in [3.8, 4) is 0 Å². The summed E-state index contributed by atoms with van der Waals surface area (Å²) in [6.07, 6.45) is 0. The van der Waals surface area contributed by atoms with Crippen LogP contribution in [0.15, 0.2) is 36.4 Å². The number of anilines is 1. The Balaban J connectivity index is 1.92. The lowest BCUT2D eigenvalue weighted by Gasteiger charge is -2.13. The Labute approximate surface area is 121 Å². The van der Waals surface area contributed by atoms with E-state index in [1.807, 2.05) is 50.2 Å². The van der Waals surface area contributed by atoms with E-state index in [2.05, 4.69) is 10.6 Å². The van der Waals surface area contributed by atoms with Crippen molar-refractivity contribution in [1.29, 1.82) is 0 Å². The highest BCUT2D eigenvalue weighted by molar-refractivity contribution is 7.16. The molecule has 1 aromatic heterocycles. The summed E-state index contributed by atoms with van der Waals surface area (Å²) >= 11 is 7.34. The van der Waals surface area contributed by atoms with Gasteiger partial charge in [0.15, 0.2) is 0 Å². The number of urea groups is 1. The van der Waals surface area contributed by atoms with Crippen molar-refractivity contribution in [2.45, 2.75) is 19.9 Å². The van der Waals surface area contributed by atoms with Gasteiger partial charge in [0, 0.05) is 10.6 Å². The average molecular weight is 295 g/mol. The fraction of sp³-hybridized carbons (Fsp3) is 0.214. The summed E-state index contributed by atoms with van der Waals surface area (Å²) in [6, 6.07) is 11.1. The Morgan fingerprint density at radius 3 is 2.47 bits per heavy atom. The molecule has 0 aliphatic heterocycles. The van der Waals surface area contributed by atoms with Crippen LogP contribution >= 0.6 is 22.9 Å². The van der Waals surface area contributed by atoms with Gasteiger partial charge in [-0.15, -0.1) is 11.3 Å². The van der Waals surface area contributed by atoms with E-state index in [1.54, 1.807) is 0 Å². The standard InChI is InChI=1S/C14H15ClN2OS/c1-9-3-5-11(6-4-9)17-14(18)16-10(2)12-7-8-13(15)19-12/h3-8,10H,1-2H3,(H2,16,17,18). The maximum absolute atomic E-state index is 11.8. The Morgan fingerprint density at radius 2 is 1.89 bits per heavy atom. The molecule has 0 aliphatic rings. The fourth-order valence-electron chi connectivity index (χ4n) is 1.63. The molecular weight excluding hydrogens is 280 g/mol. The van der Waals surface area contributed by atoms with Crippen LogP contribution in [0.4, 0.5) is 10.5 Å². The van der Waals surface area contributed by atoms with Crippen molar-refractivity contribution in [2.75, 3.05) is 5.32 Å². The molecule has 0 saturated carbocycles. The molecule has 19 heavy (non-hydrogen) atoms. The molecule has 3 nitrogen and oxygen atoms in total. The van der Waals surface area contributed by atoms with Gasteiger partial charge in [0.05, 0.1) is 10.4 Å². The second kappa shape index (κ2) is 6.08. The summed E-state index contributed by atoms with van der Waals surface area (Å²) < 4.78 is 0.725. The molecule has 0 fully saturated rings. The van der Waals surface area contributed by atoms with E-state index >= 15 is 0 Å². The Kier molecular flexibility index (Phi) is 4.45. The van der Waals surface area contributed by atoms with E-state index in [-0.39, 0.29) is 12.1 Å². The first-order valence-corrected chi connectivity index (χ1v) is 7.13. The number of aryl methyl sites for hydroxylation is 1. The van der Waals surface area contributed by atoms with E-state index in [0.717, 1.165) is 20.5 Å². The first-order valence-electron chi connectivity index (χ1n) is 5.94. The van der Waals surface area contributed by atoms with Gasteiger partial charge in [-0.2, -0.15) is 0 Å². The molecule has 0 spiro atoms. The normalized spacial score (nSPS) is 11.9. The SMILES string of the molecule is Cc1ccc(NC(=O)NC(C)c2ccc(Cl)s2)cc1. The number of benzene rings is 1. The van der Waals surface area contributed by atoms with Crippen LogP contribution < -0.4 is 10.6 Å². The van der Waals surface area contributed by atoms with Gasteiger partial charge in [0.2, 0.25) is 0 Å². The summed E-state index contributed by atoms with van der Waals surface area (Å²) in [5, 5.41) is 5.67. The fourth-order valence-corrected chi connectivity index (χ4v) is 2.70. The van der Waals surface area contributed by atoms with Crippen LogP contribution in [0, 0.1) is 6.92 Å². The Morgan fingerprint density at radius 1 is 1.21 bits per heavy atom. The molecule has 1 aromatic carbocycles. The van der Waals surface area contributed by atoms with Crippen molar-refractivity contribution in [1.82, 2.24) is 5.32 Å². The highest BCUT2D eigenvalue weighted by atomic mass is 35.5. The molecule has 0 radical (unpaired) electrons. The molecule has 2 amide bonds. The van der Waals surface area contributed by atoms with Crippen LogP contribution in [-0.2, 0) is 0 Å². The molecule has 0 aliphatic carbocycles. The monoisotopic (exact) mass is 294 g/mol. The molecule has 1 unspecified atom stereocenters. The lowest BCUT2D eigenvalue weighted by Crippen LogP contribution is -2.30. The molecule has 2 rings (SSSR count). The zero-order valence-electron chi connectivity index (χ0n) is 10.7. The molecule has 2 N–H and O–H groups in total. The molecule has 1 heterocycles. The maximum Gasteiger partial charge on any atom is 0.319 e. The van der Waals surface area contributed by atoms with E-state index in [0.29, 0.717) is 0 Å². The van der Waals surface area contributed by atoms with Gasteiger partial charge >= 0.3 is 6.03 Å². The average Bonchev–Trinajstić information content (AvgIpc) is 2.79. The van der Waals surface area contributed by atoms with Crippen molar-refractivity contribution in [3.63, 3.8) is 0 Å². The topological polar surface area (TPSA) is 41.1 Å². The lowest BCUT2D eigenvalue weighted by atomic mass is 10.2. The third-order valence-electron chi connectivity index (χ3n) is 2.68. The smallest absolute Gasteiger partial charge is 0.319 e. The zero-order chi connectivity index (χ0) is 13.8. The summed E-state index contributed by atoms with van der Waals surface area (Å²) in [4.78, 5) is 12.9. The van der Waals surface area contributed by atoms with Gasteiger partial charge in [-0.25, -0.2) is 4.79 Å². The van der Waals surface area contributed by atoms with E-state index in [1.165, 1.54) is 11.3 Å². The van der Waals surface area contributed by atoms with Crippen LogP contribution in [0.25, 0.3) is 0 Å². The van der Waals surface area contributed by atoms with E-state index in [4.69, 9.17) is 11.6 Å². The van der Waals surface area contributed by atoms with Crippen LogP contribution in [0.5, 0.6) is 0 Å². The van der Waals surface area contributed by atoms with Crippen molar-refractivity contribution >= 4 is 34.7 Å². The lowest BCUT2D eigenvalue weighted by molar-refractivity contribution is 0.249. The van der Waals surface area contributed by atoms with Crippen molar-refractivity contribution in [3.05, 3.63) is 51.2 Å². The Bertz CT molecular complexity index is 565. The Hall–Kier alpha value is -1.52. The molecule has 0 saturated heterocycles. The summed E-state index contributed by atoms with van der Waals surface area (Å²) in [6.45, 7) is 3.93. The van der Waals surface area contributed by atoms with Crippen LogP contribution in [-0.4, -0.2) is 6.03 Å². The van der Waals surface area contributed by atoms with Crippen LogP contribution in [0.1, 0.15) is 23.4 Å². The number of hydrogen-bond acceptors (Lipinski definition) is 2. The third-order valence-corrected chi connectivity index (χ3v) is 4.09. The zero-order valence-corrected chi connectivity index (χ0v) is 12.3.